The van der Waals surface area contributed by atoms with Crippen molar-refractivity contribution in [3.8, 4) is 5.75 Å². The first-order valence-corrected chi connectivity index (χ1v) is 7.74. The minimum atomic E-state index is -0.158. The Morgan fingerprint density at radius 2 is 1.95 bits per heavy atom. The Hall–Kier alpha value is -1.10. The number of ether oxygens (including phenoxy) is 3. The molecule has 1 atom stereocenters. The van der Waals surface area contributed by atoms with E-state index in [1.807, 2.05) is 19.2 Å². The van der Waals surface area contributed by atoms with E-state index < -0.39 is 0 Å². The van der Waals surface area contributed by atoms with Crippen molar-refractivity contribution in [2.45, 2.75) is 37.8 Å². The maximum atomic E-state index is 5.96. The molecule has 0 amide bonds. The largest absolute Gasteiger partial charge is 0.496 e. The third kappa shape index (κ3) is 3.76. The molecule has 4 heteroatoms. The van der Waals surface area contributed by atoms with Gasteiger partial charge >= 0.3 is 0 Å². The molecule has 1 saturated heterocycles. The van der Waals surface area contributed by atoms with Crippen LogP contribution in [0.2, 0.25) is 0 Å². The summed E-state index contributed by atoms with van der Waals surface area (Å²) in [5.74, 6) is 0.943. The fraction of sp³-hybridized carbons (Fsp3) is 0.647. The number of methoxy groups -OCH3 is 2. The summed E-state index contributed by atoms with van der Waals surface area (Å²) in [4.78, 5) is 0. The standard InChI is InChI=1S/C17H27NO3/c1-4-18-16(17(20-3)9-11-21-12-10-17)13-14-7-5-6-8-15(14)19-2/h5-8,16,18H,4,9-13H2,1-3H3. The minimum absolute atomic E-state index is 0.158. The van der Waals surface area contributed by atoms with Gasteiger partial charge in [0, 0.05) is 39.2 Å². The summed E-state index contributed by atoms with van der Waals surface area (Å²) in [7, 11) is 3.54. The first kappa shape index (κ1) is 16.3. The summed E-state index contributed by atoms with van der Waals surface area (Å²) in [5, 5.41) is 3.61. The normalized spacial score (nSPS) is 19.2. The van der Waals surface area contributed by atoms with Gasteiger partial charge in [-0.1, -0.05) is 25.1 Å². The van der Waals surface area contributed by atoms with E-state index >= 15 is 0 Å². The van der Waals surface area contributed by atoms with E-state index in [1.165, 1.54) is 5.56 Å². The van der Waals surface area contributed by atoms with Crippen molar-refractivity contribution in [1.29, 1.82) is 0 Å². The summed E-state index contributed by atoms with van der Waals surface area (Å²) in [6.45, 7) is 4.59. The van der Waals surface area contributed by atoms with Gasteiger partial charge in [0.2, 0.25) is 0 Å². The molecule has 1 N–H and O–H groups in total. The molecule has 1 unspecified atom stereocenters. The average Bonchev–Trinajstić information content (AvgIpc) is 2.55. The van der Waals surface area contributed by atoms with E-state index in [9.17, 15) is 0 Å². The van der Waals surface area contributed by atoms with Gasteiger partial charge < -0.3 is 19.5 Å². The molecule has 118 valence electrons. The molecule has 0 radical (unpaired) electrons. The zero-order valence-electron chi connectivity index (χ0n) is 13.4. The van der Waals surface area contributed by atoms with E-state index in [-0.39, 0.29) is 11.6 Å². The van der Waals surface area contributed by atoms with Crippen LogP contribution in [0.3, 0.4) is 0 Å². The van der Waals surface area contributed by atoms with Crippen molar-refractivity contribution < 1.29 is 14.2 Å². The third-order valence-electron chi connectivity index (χ3n) is 4.45. The molecule has 0 aliphatic carbocycles. The molecule has 0 aromatic heterocycles. The molecular weight excluding hydrogens is 266 g/mol. The maximum absolute atomic E-state index is 5.96. The first-order chi connectivity index (χ1) is 10.3. The van der Waals surface area contributed by atoms with Crippen LogP contribution in [0.1, 0.15) is 25.3 Å². The predicted octanol–water partition coefficient (Wildman–Crippen LogP) is 2.41. The highest BCUT2D eigenvalue weighted by Crippen LogP contribution is 2.31. The molecule has 4 nitrogen and oxygen atoms in total. The van der Waals surface area contributed by atoms with Gasteiger partial charge in [-0.25, -0.2) is 0 Å². The Morgan fingerprint density at radius 1 is 1.24 bits per heavy atom. The number of para-hydroxylation sites is 1. The Kier molecular flexibility index (Phi) is 6.03. The van der Waals surface area contributed by atoms with Gasteiger partial charge in [-0.15, -0.1) is 0 Å². The van der Waals surface area contributed by atoms with Gasteiger partial charge in [-0.2, -0.15) is 0 Å². The highest BCUT2D eigenvalue weighted by atomic mass is 16.5. The molecule has 1 aliphatic rings. The van der Waals surface area contributed by atoms with Crippen molar-refractivity contribution in [2.75, 3.05) is 34.0 Å². The van der Waals surface area contributed by atoms with Gasteiger partial charge in [0.25, 0.3) is 0 Å². The average molecular weight is 293 g/mol. The third-order valence-corrected chi connectivity index (χ3v) is 4.45. The highest BCUT2D eigenvalue weighted by Gasteiger charge is 2.40. The molecule has 1 aromatic rings. The lowest BCUT2D eigenvalue weighted by molar-refractivity contribution is -0.110. The van der Waals surface area contributed by atoms with Crippen LogP contribution in [-0.2, 0) is 15.9 Å². The zero-order chi connectivity index (χ0) is 15.1. The molecule has 0 saturated carbocycles. The molecular formula is C17H27NO3. The summed E-state index contributed by atoms with van der Waals surface area (Å²) in [6, 6.07) is 8.47. The van der Waals surface area contributed by atoms with Gasteiger partial charge in [0.05, 0.1) is 12.7 Å². The molecule has 1 heterocycles. The number of rotatable bonds is 7. The van der Waals surface area contributed by atoms with Crippen LogP contribution in [0.4, 0.5) is 0 Å². The number of likely N-dealkylation sites (N-methyl/N-ethyl adjacent to an activating group) is 1. The second-order valence-electron chi connectivity index (χ2n) is 5.51. The lowest BCUT2D eigenvalue weighted by atomic mass is 9.82. The van der Waals surface area contributed by atoms with Gasteiger partial charge in [-0.05, 0) is 24.6 Å². The second-order valence-corrected chi connectivity index (χ2v) is 5.51. The van der Waals surface area contributed by atoms with Gasteiger partial charge in [0.1, 0.15) is 5.75 Å². The van der Waals surface area contributed by atoms with Crippen molar-refractivity contribution in [2.24, 2.45) is 0 Å². The summed E-state index contributed by atoms with van der Waals surface area (Å²) in [5.41, 5.74) is 1.06. The SMILES string of the molecule is CCNC(Cc1ccccc1OC)C1(OC)CCOCC1. The molecule has 1 fully saturated rings. The molecule has 1 aliphatic heterocycles. The van der Waals surface area contributed by atoms with E-state index in [2.05, 4.69) is 24.4 Å². The summed E-state index contributed by atoms with van der Waals surface area (Å²) < 4.78 is 17.0. The van der Waals surface area contributed by atoms with Crippen LogP contribution in [0.15, 0.2) is 24.3 Å². The van der Waals surface area contributed by atoms with Crippen molar-refractivity contribution in [1.82, 2.24) is 5.32 Å². The highest BCUT2D eigenvalue weighted by molar-refractivity contribution is 5.34. The smallest absolute Gasteiger partial charge is 0.122 e. The number of nitrogens with one attached hydrogen (secondary N) is 1. The first-order valence-electron chi connectivity index (χ1n) is 7.74. The number of hydrogen-bond donors (Lipinski definition) is 1. The van der Waals surface area contributed by atoms with E-state index in [4.69, 9.17) is 14.2 Å². The fourth-order valence-electron chi connectivity index (χ4n) is 3.19. The molecule has 2 rings (SSSR count). The summed E-state index contributed by atoms with van der Waals surface area (Å²) >= 11 is 0. The lowest BCUT2D eigenvalue weighted by Gasteiger charge is -2.43. The zero-order valence-corrected chi connectivity index (χ0v) is 13.4. The van der Waals surface area contributed by atoms with Crippen LogP contribution < -0.4 is 10.1 Å². The summed E-state index contributed by atoms with van der Waals surface area (Å²) in [6.07, 6.45) is 2.75. The number of hydrogen-bond acceptors (Lipinski definition) is 4. The van der Waals surface area contributed by atoms with Crippen LogP contribution in [0, 0.1) is 0 Å². The topological polar surface area (TPSA) is 39.7 Å². The second kappa shape index (κ2) is 7.78. The predicted molar refractivity (Wildman–Crippen MR) is 84.0 cm³/mol. The maximum Gasteiger partial charge on any atom is 0.122 e. The Morgan fingerprint density at radius 3 is 2.57 bits per heavy atom. The Bertz CT molecular complexity index is 430. The monoisotopic (exact) mass is 293 g/mol. The van der Waals surface area contributed by atoms with Gasteiger partial charge in [-0.3, -0.25) is 0 Å². The van der Waals surface area contributed by atoms with E-state index in [1.54, 1.807) is 7.11 Å². The van der Waals surface area contributed by atoms with Crippen LogP contribution >= 0.6 is 0 Å². The number of benzene rings is 1. The molecule has 1 aromatic carbocycles. The van der Waals surface area contributed by atoms with E-state index in [0.29, 0.717) is 0 Å². The molecule has 21 heavy (non-hydrogen) atoms. The van der Waals surface area contributed by atoms with Crippen molar-refractivity contribution in [3.05, 3.63) is 29.8 Å². The Labute approximate surface area is 127 Å². The molecule has 0 bridgehead atoms. The van der Waals surface area contributed by atoms with Crippen LogP contribution in [0.5, 0.6) is 5.75 Å². The lowest BCUT2D eigenvalue weighted by Crippen LogP contribution is -2.56. The van der Waals surface area contributed by atoms with Crippen LogP contribution in [0.25, 0.3) is 0 Å². The van der Waals surface area contributed by atoms with E-state index in [0.717, 1.165) is 44.8 Å². The van der Waals surface area contributed by atoms with Crippen LogP contribution in [-0.4, -0.2) is 45.6 Å². The van der Waals surface area contributed by atoms with Crippen molar-refractivity contribution >= 4 is 0 Å². The fourth-order valence-corrected chi connectivity index (χ4v) is 3.19. The minimum Gasteiger partial charge on any atom is -0.496 e. The quantitative estimate of drug-likeness (QED) is 0.838. The molecule has 0 spiro atoms. The van der Waals surface area contributed by atoms with Crippen molar-refractivity contribution in [3.63, 3.8) is 0 Å². The van der Waals surface area contributed by atoms with Gasteiger partial charge in [0.15, 0.2) is 0 Å². The Balaban J connectivity index is 2.21.